The van der Waals surface area contributed by atoms with Crippen molar-refractivity contribution in [2.24, 2.45) is 7.05 Å². The number of nitrogens with zero attached hydrogens (tertiary/aromatic N) is 3. The Hall–Kier alpha value is -2.13. The van der Waals surface area contributed by atoms with E-state index in [9.17, 15) is 13.2 Å². The van der Waals surface area contributed by atoms with Crippen LogP contribution in [0.3, 0.4) is 0 Å². The highest BCUT2D eigenvalue weighted by atomic mass is 32.2. The van der Waals surface area contributed by atoms with E-state index in [0.29, 0.717) is 36.7 Å². The van der Waals surface area contributed by atoms with E-state index < -0.39 is 16.1 Å². The number of aromatic nitrogens is 2. The zero-order valence-electron chi connectivity index (χ0n) is 14.7. The van der Waals surface area contributed by atoms with Gasteiger partial charge in [-0.2, -0.15) is 9.82 Å². The number of amides is 1. The van der Waals surface area contributed by atoms with Crippen molar-refractivity contribution in [1.29, 1.82) is 0 Å². The minimum Gasteiger partial charge on any atom is -0.465 e. The lowest BCUT2D eigenvalue weighted by molar-refractivity contribution is -0.121. The first-order valence-corrected chi connectivity index (χ1v) is 9.59. The van der Waals surface area contributed by atoms with Gasteiger partial charge in [-0.15, -0.1) is 0 Å². The van der Waals surface area contributed by atoms with Gasteiger partial charge in [-0.25, -0.2) is 8.42 Å². The summed E-state index contributed by atoms with van der Waals surface area (Å²) in [5, 5.41) is 4.25. The number of furan rings is 1. The van der Waals surface area contributed by atoms with Crippen LogP contribution in [0.25, 0.3) is 0 Å². The smallest absolute Gasteiger partial charge is 0.246 e. The molecule has 0 saturated carbocycles. The molecule has 1 saturated heterocycles. The van der Waals surface area contributed by atoms with Crippen LogP contribution in [0.1, 0.15) is 30.1 Å². The molecule has 1 fully saturated rings. The molecule has 3 rings (SSSR count). The Bertz CT molecular complexity index is 913. The zero-order valence-corrected chi connectivity index (χ0v) is 15.6. The normalized spacial score (nSPS) is 18.8. The van der Waals surface area contributed by atoms with Gasteiger partial charge in [-0.1, -0.05) is 0 Å². The standard InChI is InChI=1S/C16H22N4O4S/c1-10-8-15(19(4)17-10)20-7-5-6-13(16(20)21)18-25(22,23)14-9-11(2)24-12(14)3/h8-9,13,18H,5-7H2,1-4H3/t13-/m0/s1. The van der Waals surface area contributed by atoms with Crippen molar-refractivity contribution >= 4 is 21.7 Å². The molecule has 1 aliphatic rings. The molecule has 0 spiro atoms. The third kappa shape index (κ3) is 3.34. The quantitative estimate of drug-likeness (QED) is 0.882. The van der Waals surface area contributed by atoms with Crippen LogP contribution >= 0.6 is 0 Å². The number of carbonyl (C=O) groups is 1. The van der Waals surface area contributed by atoms with Gasteiger partial charge in [-0.3, -0.25) is 14.4 Å². The Balaban J connectivity index is 1.84. The monoisotopic (exact) mass is 366 g/mol. The Morgan fingerprint density at radius 1 is 1.28 bits per heavy atom. The summed E-state index contributed by atoms with van der Waals surface area (Å²) in [4.78, 5) is 14.5. The Morgan fingerprint density at radius 2 is 2.00 bits per heavy atom. The fourth-order valence-corrected chi connectivity index (χ4v) is 4.65. The van der Waals surface area contributed by atoms with Crippen molar-refractivity contribution in [3.63, 3.8) is 0 Å². The van der Waals surface area contributed by atoms with E-state index in [1.165, 1.54) is 6.07 Å². The molecule has 0 aliphatic carbocycles. The third-order valence-corrected chi connectivity index (χ3v) is 5.85. The second-order valence-electron chi connectivity index (χ2n) is 6.35. The van der Waals surface area contributed by atoms with Gasteiger partial charge in [0, 0.05) is 19.7 Å². The van der Waals surface area contributed by atoms with Crippen molar-refractivity contribution in [3.05, 3.63) is 29.3 Å². The van der Waals surface area contributed by atoms with Crippen molar-refractivity contribution < 1.29 is 17.6 Å². The van der Waals surface area contributed by atoms with E-state index in [1.807, 2.05) is 13.0 Å². The summed E-state index contributed by atoms with van der Waals surface area (Å²) in [5.74, 6) is 1.23. The molecular formula is C16H22N4O4S. The Morgan fingerprint density at radius 3 is 2.56 bits per heavy atom. The number of carbonyl (C=O) groups excluding carboxylic acids is 1. The largest absolute Gasteiger partial charge is 0.465 e. The first-order valence-electron chi connectivity index (χ1n) is 8.10. The van der Waals surface area contributed by atoms with Crippen LogP contribution in [-0.4, -0.2) is 36.7 Å². The highest BCUT2D eigenvalue weighted by Crippen LogP contribution is 2.24. The van der Waals surface area contributed by atoms with E-state index in [4.69, 9.17) is 4.42 Å². The number of sulfonamides is 1. The minimum absolute atomic E-state index is 0.0753. The molecule has 1 atom stereocenters. The van der Waals surface area contributed by atoms with E-state index in [2.05, 4.69) is 9.82 Å². The zero-order chi connectivity index (χ0) is 18.4. The van der Waals surface area contributed by atoms with Gasteiger partial charge in [0.1, 0.15) is 28.3 Å². The number of hydrogen-bond acceptors (Lipinski definition) is 5. The van der Waals surface area contributed by atoms with Crippen molar-refractivity contribution in [3.8, 4) is 0 Å². The maximum atomic E-state index is 12.8. The van der Waals surface area contributed by atoms with Crippen LogP contribution in [0.2, 0.25) is 0 Å². The third-order valence-electron chi connectivity index (χ3n) is 4.27. The predicted molar refractivity (Wildman–Crippen MR) is 91.8 cm³/mol. The maximum absolute atomic E-state index is 12.8. The SMILES string of the molecule is Cc1cc(N2CCC[C@H](NS(=O)(=O)c3cc(C)oc3C)C2=O)n(C)n1. The molecule has 9 heteroatoms. The van der Waals surface area contributed by atoms with Gasteiger partial charge in [-0.05, 0) is 39.7 Å². The van der Waals surface area contributed by atoms with Crippen molar-refractivity contribution in [2.75, 3.05) is 11.4 Å². The summed E-state index contributed by atoms with van der Waals surface area (Å²) in [6.07, 6.45) is 1.16. The number of piperidine rings is 1. The molecule has 3 heterocycles. The first kappa shape index (κ1) is 17.7. The molecule has 1 aliphatic heterocycles. The maximum Gasteiger partial charge on any atom is 0.246 e. The molecule has 136 valence electrons. The van der Waals surface area contributed by atoms with Gasteiger partial charge < -0.3 is 4.42 Å². The van der Waals surface area contributed by atoms with E-state index in [-0.39, 0.29) is 10.8 Å². The molecule has 1 amide bonds. The summed E-state index contributed by atoms with van der Waals surface area (Å²) in [5.41, 5.74) is 0.803. The van der Waals surface area contributed by atoms with E-state index >= 15 is 0 Å². The fourth-order valence-electron chi connectivity index (χ4n) is 3.19. The summed E-state index contributed by atoms with van der Waals surface area (Å²) in [6, 6.07) is 2.48. The van der Waals surface area contributed by atoms with E-state index in [1.54, 1.807) is 30.5 Å². The predicted octanol–water partition coefficient (Wildman–Crippen LogP) is 1.41. The number of rotatable bonds is 4. The molecule has 8 nitrogen and oxygen atoms in total. The summed E-state index contributed by atoms with van der Waals surface area (Å²) in [7, 11) is -2.06. The summed E-state index contributed by atoms with van der Waals surface area (Å²) >= 11 is 0. The molecule has 0 bridgehead atoms. The highest BCUT2D eigenvalue weighted by Gasteiger charge is 2.35. The van der Waals surface area contributed by atoms with Crippen LogP contribution < -0.4 is 9.62 Å². The number of aryl methyl sites for hydroxylation is 4. The Kier molecular flexibility index (Phi) is 4.46. The molecule has 2 aromatic heterocycles. The number of anilines is 1. The Labute approximate surface area is 146 Å². The van der Waals surface area contributed by atoms with Crippen LogP contribution in [0.15, 0.2) is 21.4 Å². The molecular weight excluding hydrogens is 344 g/mol. The van der Waals surface area contributed by atoms with Crippen LogP contribution in [0.4, 0.5) is 5.82 Å². The number of nitrogens with one attached hydrogen (secondary N) is 1. The van der Waals surface area contributed by atoms with Crippen LogP contribution in [0.5, 0.6) is 0 Å². The molecule has 1 N–H and O–H groups in total. The highest BCUT2D eigenvalue weighted by molar-refractivity contribution is 7.89. The average Bonchev–Trinajstić information content (AvgIpc) is 3.03. The fraction of sp³-hybridized carbons (Fsp3) is 0.500. The lowest BCUT2D eigenvalue weighted by atomic mass is 10.1. The van der Waals surface area contributed by atoms with Crippen molar-refractivity contribution in [1.82, 2.24) is 14.5 Å². The van der Waals surface area contributed by atoms with Crippen LogP contribution in [0, 0.1) is 20.8 Å². The van der Waals surface area contributed by atoms with E-state index in [0.717, 1.165) is 5.69 Å². The summed E-state index contributed by atoms with van der Waals surface area (Å²) < 4.78 is 34.7. The molecule has 2 aromatic rings. The van der Waals surface area contributed by atoms with Gasteiger partial charge in [0.05, 0.1) is 5.69 Å². The minimum atomic E-state index is -3.83. The van der Waals surface area contributed by atoms with Gasteiger partial charge in [0.15, 0.2) is 0 Å². The van der Waals surface area contributed by atoms with Crippen molar-refractivity contribution in [2.45, 2.75) is 44.6 Å². The second-order valence-corrected chi connectivity index (χ2v) is 8.03. The lowest BCUT2D eigenvalue weighted by Crippen LogP contribution is -2.52. The average molecular weight is 366 g/mol. The van der Waals surface area contributed by atoms with Gasteiger partial charge >= 0.3 is 0 Å². The first-order chi connectivity index (χ1) is 11.7. The summed E-state index contributed by atoms with van der Waals surface area (Å²) in [6.45, 7) is 5.67. The molecule has 25 heavy (non-hydrogen) atoms. The number of hydrogen-bond donors (Lipinski definition) is 1. The second kappa shape index (κ2) is 6.30. The van der Waals surface area contributed by atoms with Gasteiger partial charge in [0.2, 0.25) is 15.9 Å². The van der Waals surface area contributed by atoms with Gasteiger partial charge in [0.25, 0.3) is 0 Å². The topological polar surface area (TPSA) is 97.4 Å². The molecule has 0 aromatic carbocycles. The molecule has 0 radical (unpaired) electrons. The molecule has 0 unspecified atom stereocenters. The van der Waals surface area contributed by atoms with Crippen LogP contribution in [-0.2, 0) is 21.9 Å². The lowest BCUT2D eigenvalue weighted by Gasteiger charge is -2.32.